The Balaban J connectivity index is 2.18. The van der Waals surface area contributed by atoms with Gasteiger partial charge in [-0.2, -0.15) is 0 Å². The van der Waals surface area contributed by atoms with Crippen molar-refractivity contribution in [3.8, 4) is 0 Å². The molecule has 1 atom stereocenters. The Labute approximate surface area is 137 Å². The summed E-state index contributed by atoms with van der Waals surface area (Å²) in [5.74, 6) is -3.02. The molecule has 1 unspecified atom stereocenters. The van der Waals surface area contributed by atoms with Crippen LogP contribution in [-0.4, -0.2) is 24.9 Å². The number of halogens is 1. The minimum absolute atomic E-state index is 0.294. The molecule has 2 aromatic rings. The Morgan fingerprint density at radius 3 is 2.57 bits per heavy atom. The van der Waals surface area contributed by atoms with Crippen LogP contribution < -0.4 is 4.90 Å². The molecule has 116 valence electrons. The number of imide groups is 1. The summed E-state index contributed by atoms with van der Waals surface area (Å²) in [6, 6.07) is 12.9. The van der Waals surface area contributed by atoms with Crippen molar-refractivity contribution >= 4 is 35.1 Å². The molecule has 0 saturated carbocycles. The van der Waals surface area contributed by atoms with Crippen molar-refractivity contribution in [2.75, 3.05) is 12.0 Å². The van der Waals surface area contributed by atoms with Gasteiger partial charge in [0, 0.05) is 10.6 Å². The molecule has 2 amide bonds. The lowest BCUT2D eigenvalue weighted by molar-refractivity contribution is -0.145. The normalized spacial score (nSPS) is 17.0. The standard InChI is InChI=1S/C17H12ClNO4/c1-23-17(22)14-12-7-2-3-8-13(12)15(20)19(16(14)21)11-6-4-5-10(18)9-11/h2-9,14H,1H3. The van der Waals surface area contributed by atoms with Gasteiger partial charge in [-0.15, -0.1) is 0 Å². The third kappa shape index (κ3) is 2.49. The number of ether oxygens (including phenoxy) is 1. The molecule has 0 aromatic heterocycles. The highest BCUT2D eigenvalue weighted by molar-refractivity contribution is 6.32. The number of benzene rings is 2. The van der Waals surface area contributed by atoms with E-state index in [4.69, 9.17) is 16.3 Å². The zero-order chi connectivity index (χ0) is 16.6. The summed E-state index contributed by atoms with van der Waals surface area (Å²) in [5.41, 5.74) is 0.964. The van der Waals surface area contributed by atoms with E-state index in [2.05, 4.69) is 0 Å². The predicted octanol–water partition coefficient (Wildman–Crippen LogP) is 2.78. The SMILES string of the molecule is COC(=O)C1C(=O)N(c2cccc(Cl)c2)C(=O)c2ccccc21. The van der Waals surface area contributed by atoms with Crippen molar-refractivity contribution in [1.29, 1.82) is 0 Å². The summed E-state index contributed by atoms with van der Waals surface area (Å²) in [6.07, 6.45) is 0. The first kappa shape index (κ1) is 15.2. The van der Waals surface area contributed by atoms with Gasteiger partial charge in [-0.25, -0.2) is 4.90 Å². The first-order valence-electron chi connectivity index (χ1n) is 6.85. The number of methoxy groups -OCH3 is 1. The number of anilines is 1. The third-order valence-corrected chi connectivity index (χ3v) is 3.91. The van der Waals surface area contributed by atoms with Crippen molar-refractivity contribution in [3.63, 3.8) is 0 Å². The number of fused-ring (bicyclic) bond motifs is 1. The summed E-state index contributed by atoms with van der Waals surface area (Å²) >= 11 is 5.95. The van der Waals surface area contributed by atoms with E-state index in [1.54, 1.807) is 42.5 Å². The van der Waals surface area contributed by atoms with E-state index in [1.807, 2.05) is 0 Å². The molecule has 1 aliphatic rings. The zero-order valence-corrected chi connectivity index (χ0v) is 12.9. The maximum absolute atomic E-state index is 12.8. The summed E-state index contributed by atoms with van der Waals surface area (Å²) < 4.78 is 4.74. The number of carbonyl (C=O) groups is 3. The molecule has 0 N–H and O–H groups in total. The maximum Gasteiger partial charge on any atom is 0.322 e. The lowest BCUT2D eigenvalue weighted by atomic mass is 9.88. The van der Waals surface area contributed by atoms with Crippen molar-refractivity contribution in [1.82, 2.24) is 0 Å². The highest BCUT2D eigenvalue weighted by atomic mass is 35.5. The molecular weight excluding hydrogens is 318 g/mol. The Morgan fingerprint density at radius 1 is 1.13 bits per heavy atom. The molecule has 0 saturated heterocycles. The molecule has 6 heteroatoms. The van der Waals surface area contributed by atoms with Crippen LogP contribution in [0.15, 0.2) is 48.5 Å². The van der Waals surface area contributed by atoms with Gasteiger partial charge in [-0.1, -0.05) is 35.9 Å². The average molecular weight is 330 g/mol. The largest absolute Gasteiger partial charge is 0.468 e. The molecule has 0 fully saturated rings. The molecule has 5 nitrogen and oxygen atoms in total. The van der Waals surface area contributed by atoms with E-state index in [-0.39, 0.29) is 0 Å². The smallest absolute Gasteiger partial charge is 0.322 e. The van der Waals surface area contributed by atoms with E-state index in [9.17, 15) is 14.4 Å². The van der Waals surface area contributed by atoms with Gasteiger partial charge in [0.15, 0.2) is 5.92 Å². The Bertz CT molecular complexity index is 818. The Kier molecular flexibility index (Phi) is 3.88. The van der Waals surface area contributed by atoms with Crippen LogP contribution in [0.2, 0.25) is 5.02 Å². The van der Waals surface area contributed by atoms with Crippen LogP contribution in [0.1, 0.15) is 21.8 Å². The van der Waals surface area contributed by atoms with Gasteiger partial charge in [-0.05, 0) is 29.8 Å². The number of carbonyl (C=O) groups excluding carboxylic acids is 3. The van der Waals surface area contributed by atoms with Crippen molar-refractivity contribution < 1.29 is 19.1 Å². The summed E-state index contributed by atoms with van der Waals surface area (Å²) in [7, 11) is 1.21. The van der Waals surface area contributed by atoms with Crippen LogP contribution in [-0.2, 0) is 14.3 Å². The van der Waals surface area contributed by atoms with Crippen LogP contribution in [0.25, 0.3) is 0 Å². The number of amides is 2. The minimum Gasteiger partial charge on any atom is -0.468 e. The molecule has 0 aliphatic carbocycles. The van der Waals surface area contributed by atoms with E-state index in [1.165, 1.54) is 13.2 Å². The number of esters is 1. The number of hydrogen-bond donors (Lipinski definition) is 0. The van der Waals surface area contributed by atoms with Gasteiger partial charge >= 0.3 is 5.97 Å². The molecule has 0 spiro atoms. The highest BCUT2D eigenvalue weighted by Gasteiger charge is 2.43. The molecule has 3 rings (SSSR count). The van der Waals surface area contributed by atoms with Crippen molar-refractivity contribution in [2.45, 2.75) is 5.92 Å². The summed E-state index contributed by atoms with van der Waals surface area (Å²) in [6.45, 7) is 0. The van der Waals surface area contributed by atoms with E-state index in [0.717, 1.165) is 4.90 Å². The molecule has 23 heavy (non-hydrogen) atoms. The third-order valence-electron chi connectivity index (χ3n) is 3.68. The number of rotatable bonds is 2. The van der Waals surface area contributed by atoms with E-state index < -0.39 is 23.7 Å². The van der Waals surface area contributed by atoms with Crippen molar-refractivity contribution in [3.05, 3.63) is 64.7 Å². The van der Waals surface area contributed by atoms with Crippen LogP contribution in [0.5, 0.6) is 0 Å². The van der Waals surface area contributed by atoms with Crippen LogP contribution in [0, 0.1) is 0 Å². The quantitative estimate of drug-likeness (QED) is 0.483. The second-order valence-electron chi connectivity index (χ2n) is 5.00. The highest BCUT2D eigenvalue weighted by Crippen LogP contribution is 2.34. The summed E-state index contributed by atoms with van der Waals surface area (Å²) in [4.78, 5) is 38.5. The predicted molar refractivity (Wildman–Crippen MR) is 84.5 cm³/mol. The van der Waals surface area contributed by atoms with Gasteiger partial charge in [0.05, 0.1) is 12.8 Å². The Morgan fingerprint density at radius 2 is 1.87 bits per heavy atom. The van der Waals surface area contributed by atoms with Gasteiger partial charge in [-0.3, -0.25) is 14.4 Å². The lowest BCUT2D eigenvalue weighted by Crippen LogP contribution is -2.47. The van der Waals surface area contributed by atoms with Crippen LogP contribution in [0.4, 0.5) is 5.69 Å². The van der Waals surface area contributed by atoms with E-state index >= 15 is 0 Å². The average Bonchev–Trinajstić information content (AvgIpc) is 2.55. The first-order chi connectivity index (χ1) is 11.0. The van der Waals surface area contributed by atoms with Gasteiger partial charge in [0.2, 0.25) is 0 Å². The summed E-state index contributed by atoms with van der Waals surface area (Å²) in [5, 5.41) is 0.386. The fourth-order valence-corrected chi connectivity index (χ4v) is 2.82. The Hall–Kier alpha value is -2.66. The minimum atomic E-state index is -1.17. The van der Waals surface area contributed by atoms with Crippen LogP contribution in [0.3, 0.4) is 0 Å². The zero-order valence-electron chi connectivity index (χ0n) is 12.2. The fourth-order valence-electron chi connectivity index (χ4n) is 2.63. The second-order valence-corrected chi connectivity index (χ2v) is 5.44. The number of nitrogens with zero attached hydrogens (tertiary/aromatic N) is 1. The number of hydrogen-bond acceptors (Lipinski definition) is 4. The van der Waals surface area contributed by atoms with Gasteiger partial charge < -0.3 is 4.74 Å². The van der Waals surface area contributed by atoms with Gasteiger partial charge in [0.1, 0.15) is 0 Å². The molecule has 1 aliphatic heterocycles. The maximum atomic E-state index is 12.8. The molecule has 0 radical (unpaired) electrons. The second kappa shape index (κ2) is 5.85. The molecule has 0 bridgehead atoms. The van der Waals surface area contributed by atoms with E-state index in [0.29, 0.717) is 21.8 Å². The fraction of sp³-hybridized carbons (Fsp3) is 0.118. The first-order valence-corrected chi connectivity index (χ1v) is 7.23. The monoisotopic (exact) mass is 329 g/mol. The van der Waals surface area contributed by atoms with Gasteiger partial charge in [0.25, 0.3) is 11.8 Å². The van der Waals surface area contributed by atoms with Crippen molar-refractivity contribution in [2.24, 2.45) is 0 Å². The molecular formula is C17H12ClNO4. The topological polar surface area (TPSA) is 63.7 Å². The lowest BCUT2D eigenvalue weighted by Gasteiger charge is -2.31. The molecule has 2 aromatic carbocycles. The van der Waals surface area contributed by atoms with Crippen LogP contribution >= 0.6 is 11.6 Å². The molecule has 1 heterocycles.